The second-order valence-electron chi connectivity index (χ2n) is 4.92. The van der Waals surface area contributed by atoms with E-state index in [0.717, 1.165) is 19.2 Å². The third-order valence-electron chi connectivity index (χ3n) is 3.09. The zero-order valence-electron chi connectivity index (χ0n) is 10.3. The Hall–Kier alpha value is -0.820. The summed E-state index contributed by atoms with van der Waals surface area (Å²) in [5, 5.41) is 0.446. The van der Waals surface area contributed by atoms with Crippen LogP contribution in [0.2, 0.25) is 0 Å². The molecule has 1 aromatic heterocycles. The molecule has 0 spiro atoms. The molecule has 1 aromatic rings. The topological polar surface area (TPSA) is 25.4 Å². The van der Waals surface area contributed by atoms with E-state index >= 15 is 0 Å². The van der Waals surface area contributed by atoms with Crippen LogP contribution in [0.25, 0.3) is 0 Å². The summed E-state index contributed by atoms with van der Waals surface area (Å²) in [6.45, 7) is 4.10. The second kappa shape index (κ2) is 4.70. The molecule has 0 aliphatic carbocycles. The van der Waals surface area contributed by atoms with E-state index in [-0.39, 0.29) is 5.41 Å². The third kappa shape index (κ3) is 2.77. The highest BCUT2D eigenvalue weighted by molar-refractivity contribution is 7.15. The number of hydrogen-bond donors (Lipinski definition) is 0. The number of nitrogens with zero attached hydrogens (tertiary/aromatic N) is 2. The summed E-state index contributed by atoms with van der Waals surface area (Å²) in [7, 11) is 1.64. The van der Waals surface area contributed by atoms with Crippen LogP contribution in [-0.4, -0.2) is 31.8 Å². The van der Waals surface area contributed by atoms with Gasteiger partial charge in [-0.3, -0.25) is 0 Å². The number of thiazole rings is 1. The molecule has 0 bridgehead atoms. The summed E-state index contributed by atoms with van der Waals surface area (Å²) in [6, 6.07) is 0. The summed E-state index contributed by atoms with van der Waals surface area (Å²) < 4.78 is 42.6. The van der Waals surface area contributed by atoms with Crippen molar-refractivity contribution in [2.45, 2.75) is 19.5 Å². The van der Waals surface area contributed by atoms with E-state index in [0.29, 0.717) is 29.6 Å². The van der Waals surface area contributed by atoms with Crippen molar-refractivity contribution in [3.63, 3.8) is 0 Å². The van der Waals surface area contributed by atoms with Crippen LogP contribution in [0.4, 0.5) is 18.3 Å². The largest absolute Gasteiger partial charge is 0.427 e. The monoisotopic (exact) mass is 280 g/mol. The van der Waals surface area contributed by atoms with Crippen LogP contribution in [-0.2, 0) is 10.9 Å². The first-order valence-electron chi connectivity index (χ1n) is 5.61. The lowest BCUT2D eigenvalue weighted by molar-refractivity contribution is -0.134. The SMILES string of the molecule is COCC1(C)CCN(c2ncc(C(F)(F)F)s2)C1. The summed E-state index contributed by atoms with van der Waals surface area (Å²) in [5.74, 6) is 0. The van der Waals surface area contributed by atoms with Gasteiger partial charge in [-0.1, -0.05) is 18.3 Å². The molecule has 0 aromatic carbocycles. The highest BCUT2D eigenvalue weighted by Crippen LogP contribution is 2.39. The molecule has 18 heavy (non-hydrogen) atoms. The van der Waals surface area contributed by atoms with Gasteiger partial charge >= 0.3 is 6.18 Å². The normalized spacial score (nSPS) is 24.8. The van der Waals surface area contributed by atoms with E-state index in [9.17, 15) is 13.2 Å². The molecular formula is C11H15F3N2OS. The lowest BCUT2D eigenvalue weighted by Gasteiger charge is -2.23. The van der Waals surface area contributed by atoms with E-state index in [4.69, 9.17) is 4.74 Å². The fraction of sp³-hybridized carbons (Fsp3) is 0.727. The first kappa shape index (κ1) is 13.6. The maximum Gasteiger partial charge on any atom is 0.427 e. The predicted octanol–water partition coefficient (Wildman–Crippen LogP) is 3.02. The van der Waals surface area contributed by atoms with Crippen molar-refractivity contribution in [3.05, 3.63) is 11.1 Å². The van der Waals surface area contributed by atoms with Crippen molar-refractivity contribution in [3.8, 4) is 0 Å². The zero-order valence-corrected chi connectivity index (χ0v) is 11.1. The quantitative estimate of drug-likeness (QED) is 0.851. The summed E-state index contributed by atoms with van der Waals surface area (Å²) in [6.07, 6.45) is -2.49. The number of alkyl halides is 3. The molecule has 1 saturated heterocycles. The van der Waals surface area contributed by atoms with Crippen LogP contribution < -0.4 is 4.90 Å². The molecule has 102 valence electrons. The Kier molecular flexibility index (Phi) is 3.55. The molecule has 0 saturated carbocycles. The molecule has 2 rings (SSSR count). The van der Waals surface area contributed by atoms with Gasteiger partial charge in [-0.15, -0.1) is 0 Å². The van der Waals surface area contributed by atoms with Gasteiger partial charge in [-0.05, 0) is 6.42 Å². The summed E-state index contributed by atoms with van der Waals surface area (Å²) >= 11 is 0.705. The van der Waals surface area contributed by atoms with Gasteiger partial charge in [-0.2, -0.15) is 13.2 Å². The average Bonchev–Trinajstić information content (AvgIpc) is 2.83. The van der Waals surface area contributed by atoms with Gasteiger partial charge < -0.3 is 9.64 Å². The second-order valence-corrected chi connectivity index (χ2v) is 5.93. The van der Waals surface area contributed by atoms with Crippen molar-refractivity contribution >= 4 is 16.5 Å². The molecule has 1 atom stereocenters. The Morgan fingerprint density at radius 1 is 1.56 bits per heavy atom. The van der Waals surface area contributed by atoms with Gasteiger partial charge in [0.25, 0.3) is 0 Å². The molecule has 0 amide bonds. The van der Waals surface area contributed by atoms with Gasteiger partial charge in [-0.25, -0.2) is 4.98 Å². The van der Waals surface area contributed by atoms with E-state index in [1.165, 1.54) is 0 Å². The number of anilines is 1. The Morgan fingerprint density at radius 3 is 2.83 bits per heavy atom. The lowest BCUT2D eigenvalue weighted by Crippen LogP contribution is -2.28. The van der Waals surface area contributed by atoms with Gasteiger partial charge in [0, 0.05) is 25.6 Å². The van der Waals surface area contributed by atoms with Crippen molar-refractivity contribution in [1.82, 2.24) is 4.98 Å². The Morgan fingerprint density at radius 2 is 2.28 bits per heavy atom. The van der Waals surface area contributed by atoms with E-state index < -0.39 is 11.1 Å². The minimum atomic E-state index is -4.30. The lowest BCUT2D eigenvalue weighted by atomic mass is 9.91. The van der Waals surface area contributed by atoms with E-state index in [2.05, 4.69) is 11.9 Å². The average molecular weight is 280 g/mol. The standard InChI is InChI=1S/C11H15F3N2OS/c1-10(7-17-2)3-4-16(6-10)9-15-5-8(18-9)11(12,13)14/h5H,3-4,6-7H2,1-2H3. The highest BCUT2D eigenvalue weighted by Gasteiger charge is 2.37. The molecule has 3 nitrogen and oxygen atoms in total. The van der Waals surface area contributed by atoms with Crippen molar-refractivity contribution in [2.75, 3.05) is 31.7 Å². The van der Waals surface area contributed by atoms with Crippen LogP contribution in [0.3, 0.4) is 0 Å². The number of halogens is 3. The molecule has 1 aliphatic heterocycles. The van der Waals surface area contributed by atoms with E-state index in [1.807, 2.05) is 4.90 Å². The van der Waals surface area contributed by atoms with Gasteiger partial charge in [0.05, 0.1) is 12.8 Å². The maximum atomic E-state index is 12.5. The van der Waals surface area contributed by atoms with Crippen LogP contribution >= 0.6 is 11.3 Å². The van der Waals surface area contributed by atoms with Crippen molar-refractivity contribution in [1.29, 1.82) is 0 Å². The molecule has 7 heteroatoms. The number of aromatic nitrogens is 1. The first-order valence-corrected chi connectivity index (χ1v) is 6.43. The Labute approximate surface area is 108 Å². The van der Waals surface area contributed by atoms with E-state index in [1.54, 1.807) is 7.11 Å². The highest BCUT2D eigenvalue weighted by atomic mass is 32.1. The Bertz CT molecular complexity index is 421. The minimum Gasteiger partial charge on any atom is -0.384 e. The number of rotatable bonds is 3. The molecule has 2 heterocycles. The van der Waals surface area contributed by atoms with Crippen molar-refractivity contribution < 1.29 is 17.9 Å². The molecule has 1 fully saturated rings. The van der Waals surface area contributed by atoms with Gasteiger partial charge in [0.1, 0.15) is 4.88 Å². The van der Waals surface area contributed by atoms with Crippen LogP contribution in [0.1, 0.15) is 18.2 Å². The van der Waals surface area contributed by atoms with Gasteiger partial charge in [0.15, 0.2) is 5.13 Å². The predicted molar refractivity (Wildman–Crippen MR) is 63.9 cm³/mol. The fourth-order valence-electron chi connectivity index (χ4n) is 2.20. The van der Waals surface area contributed by atoms with Crippen molar-refractivity contribution in [2.24, 2.45) is 5.41 Å². The van der Waals surface area contributed by atoms with Gasteiger partial charge in [0.2, 0.25) is 0 Å². The molecular weight excluding hydrogens is 265 g/mol. The summed E-state index contributed by atoms with van der Waals surface area (Å²) in [4.78, 5) is 5.13. The molecule has 0 radical (unpaired) electrons. The molecule has 1 aliphatic rings. The Balaban J connectivity index is 2.08. The maximum absolute atomic E-state index is 12.5. The first-order chi connectivity index (χ1) is 8.34. The van der Waals surface area contributed by atoms with Crippen LogP contribution in [0.15, 0.2) is 6.20 Å². The minimum absolute atomic E-state index is 0.00117. The summed E-state index contributed by atoms with van der Waals surface area (Å²) in [5.41, 5.74) is -0.00117. The van der Waals surface area contributed by atoms with Crippen LogP contribution in [0.5, 0.6) is 0 Å². The third-order valence-corrected chi connectivity index (χ3v) is 4.20. The fourth-order valence-corrected chi connectivity index (χ4v) is 3.00. The molecule has 1 unspecified atom stereocenters. The zero-order chi connectivity index (χ0) is 13.4. The number of hydrogen-bond acceptors (Lipinski definition) is 4. The number of ether oxygens (including phenoxy) is 1. The number of methoxy groups -OCH3 is 1. The smallest absolute Gasteiger partial charge is 0.384 e. The molecule has 0 N–H and O–H groups in total. The van der Waals surface area contributed by atoms with Crippen LogP contribution in [0, 0.1) is 5.41 Å².